The molecule has 0 bridgehead atoms. The monoisotopic (exact) mass is 307 g/mol. The fourth-order valence-corrected chi connectivity index (χ4v) is 2.18. The second-order valence-corrected chi connectivity index (χ2v) is 5.22. The topological polar surface area (TPSA) is 67.0 Å². The van der Waals surface area contributed by atoms with Crippen LogP contribution in [0.3, 0.4) is 0 Å². The van der Waals surface area contributed by atoms with Gasteiger partial charge in [-0.25, -0.2) is 0 Å². The molecular formula is C18H17N3O2. The molecule has 2 N–H and O–H groups in total. The van der Waals surface area contributed by atoms with Crippen molar-refractivity contribution in [2.24, 2.45) is 0 Å². The smallest absolute Gasteiger partial charge is 0.273 e. The highest BCUT2D eigenvalue weighted by Gasteiger charge is 2.11. The molecule has 3 aromatic rings. The molecule has 0 radical (unpaired) electrons. The van der Waals surface area contributed by atoms with Gasteiger partial charge in [-0.15, -0.1) is 0 Å². The third kappa shape index (κ3) is 3.40. The summed E-state index contributed by atoms with van der Waals surface area (Å²) < 4.78 is 5.09. The molecule has 5 heteroatoms. The van der Waals surface area contributed by atoms with E-state index in [1.807, 2.05) is 31.2 Å². The molecule has 0 aliphatic carbocycles. The Hall–Kier alpha value is -3.08. The number of aromatic amines is 1. The van der Waals surface area contributed by atoms with Crippen molar-refractivity contribution in [2.45, 2.75) is 6.92 Å². The number of hydrogen-bond acceptors (Lipinski definition) is 3. The third-order valence-electron chi connectivity index (χ3n) is 3.52. The number of benzene rings is 2. The van der Waals surface area contributed by atoms with E-state index < -0.39 is 0 Å². The average Bonchev–Trinajstić information content (AvgIpc) is 3.06. The fourth-order valence-electron chi connectivity index (χ4n) is 2.18. The van der Waals surface area contributed by atoms with Crippen molar-refractivity contribution in [3.8, 4) is 17.0 Å². The first-order chi connectivity index (χ1) is 11.2. The molecule has 0 saturated carbocycles. The number of methoxy groups -OCH3 is 1. The van der Waals surface area contributed by atoms with Crippen molar-refractivity contribution in [2.75, 3.05) is 12.4 Å². The number of rotatable bonds is 4. The van der Waals surface area contributed by atoms with Gasteiger partial charge in [0, 0.05) is 11.3 Å². The van der Waals surface area contributed by atoms with Crippen LogP contribution in [0.2, 0.25) is 0 Å². The highest BCUT2D eigenvalue weighted by molar-refractivity contribution is 6.03. The quantitative estimate of drug-likeness (QED) is 0.773. The van der Waals surface area contributed by atoms with Crippen LogP contribution in [-0.2, 0) is 0 Å². The maximum Gasteiger partial charge on any atom is 0.273 e. The molecule has 3 rings (SSSR count). The molecule has 23 heavy (non-hydrogen) atoms. The number of carbonyl (C=O) groups excluding carboxylic acids is 1. The summed E-state index contributed by atoms with van der Waals surface area (Å²) in [6, 6.07) is 16.9. The fraction of sp³-hybridized carbons (Fsp3) is 0.111. The summed E-state index contributed by atoms with van der Waals surface area (Å²) in [5.41, 5.74) is 4.00. The maximum atomic E-state index is 12.3. The number of ether oxygens (including phenoxy) is 1. The van der Waals surface area contributed by atoms with E-state index in [0.717, 1.165) is 17.0 Å². The van der Waals surface area contributed by atoms with Crippen LogP contribution in [-0.4, -0.2) is 23.2 Å². The molecule has 1 amide bonds. The van der Waals surface area contributed by atoms with E-state index in [-0.39, 0.29) is 5.91 Å². The first-order valence-corrected chi connectivity index (χ1v) is 7.23. The normalized spacial score (nSPS) is 10.3. The Bertz CT molecular complexity index is 805. The van der Waals surface area contributed by atoms with Crippen LogP contribution in [0.15, 0.2) is 54.6 Å². The van der Waals surface area contributed by atoms with Gasteiger partial charge < -0.3 is 10.1 Å². The molecule has 0 saturated heterocycles. The predicted molar refractivity (Wildman–Crippen MR) is 89.7 cm³/mol. The van der Waals surface area contributed by atoms with E-state index in [0.29, 0.717) is 11.4 Å². The van der Waals surface area contributed by atoms with Crippen LogP contribution in [0.25, 0.3) is 11.3 Å². The zero-order valence-electron chi connectivity index (χ0n) is 13.0. The number of hydrogen-bond donors (Lipinski definition) is 2. The molecule has 0 aliphatic heterocycles. The van der Waals surface area contributed by atoms with Crippen LogP contribution < -0.4 is 10.1 Å². The Morgan fingerprint density at radius 3 is 2.43 bits per heavy atom. The van der Waals surface area contributed by atoms with Gasteiger partial charge in [-0.05, 0) is 37.3 Å². The second-order valence-electron chi connectivity index (χ2n) is 5.22. The van der Waals surface area contributed by atoms with E-state index in [4.69, 9.17) is 4.74 Å². The van der Waals surface area contributed by atoms with Crippen molar-refractivity contribution >= 4 is 11.6 Å². The summed E-state index contributed by atoms with van der Waals surface area (Å²) >= 11 is 0. The van der Waals surface area contributed by atoms with Gasteiger partial charge in [-0.1, -0.05) is 29.8 Å². The first kappa shape index (κ1) is 14.8. The molecular weight excluding hydrogens is 290 g/mol. The largest absolute Gasteiger partial charge is 0.497 e. The van der Waals surface area contributed by atoms with Gasteiger partial charge in [0.05, 0.1) is 12.8 Å². The summed E-state index contributed by atoms with van der Waals surface area (Å²) in [7, 11) is 1.60. The van der Waals surface area contributed by atoms with E-state index >= 15 is 0 Å². The summed E-state index contributed by atoms with van der Waals surface area (Å²) in [4.78, 5) is 12.3. The molecule has 0 spiro atoms. The lowest BCUT2D eigenvalue weighted by molar-refractivity contribution is 0.102. The molecule has 0 unspecified atom stereocenters. The van der Waals surface area contributed by atoms with E-state index in [9.17, 15) is 4.79 Å². The molecule has 1 heterocycles. The molecule has 116 valence electrons. The number of nitrogens with one attached hydrogen (secondary N) is 2. The van der Waals surface area contributed by atoms with Gasteiger partial charge in [0.25, 0.3) is 5.91 Å². The van der Waals surface area contributed by atoms with Crippen molar-refractivity contribution in [3.05, 3.63) is 65.9 Å². The average molecular weight is 307 g/mol. The number of carbonyl (C=O) groups is 1. The van der Waals surface area contributed by atoms with E-state index in [1.165, 1.54) is 5.56 Å². The first-order valence-electron chi connectivity index (χ1n) is 7.23. The van der Waals surface area contributed by atoms with Gasteiger partial charge in [-0.2, -0.15) is 5.10 Å². The van der Waals surface area contributed by atoms with Crippen LogP contribution in [0.1, 0.15) is 16.1 Å². The van der Waals surface area contributed by atoms with E-state index in [1.54, 1.807) is 37.4 Å². The molecule has 5 nitrogen and oxygen atoms in total. The third-order valence-corrected chi connectivity index (χ3v) is 3.52. The number of amides is 1. The minimum Gasteiger partial charge on any atom is -0.497 e. The predicted octanol–water partition coefficient (Wildman–Crippen LogP) is 3.65. The Kier molecular flexibility index (Phi) is 4.10. The minimum atomic E-state index is -0.235. The summed E-state index contributed by atoms with van der Waals surface area (Å²) in [5, 5.41) is 9.79. The zero-order chi connectivity index (χ0) is 16.2. The van der Waals surface area contributed by atoms with Crippen molar-refractivity contribution in [1.82, 2.24) is 10.2 Å². The minimum absolute atomic E-state index is 0.235. The van der Waals surface area contributed by atoms with Gasteiger partial charge in [-0.3, -0.25) is 9.89 Å². The Morgan fingerprint density at radius 1 is 1.09 bits per heavy atom. The molecule has 0 aliphatic rings. The summed E-state index contributed by atoms with van der Waals surface area (Å²) in [6.07, 6.45) is 0. The van der Waals surface area contributed by atoms with Crippen molar-refractivity contribution in [1.29, 1.82) is 0 Å². The van der Waals surface area contributed by atoms with Gasteiger partial charge in [0.2, 0.25) is 0 Å². The number of aromatic nitrogens is 2. The van der Waals surface area contributed by atoms with Gasteiger partial charge >= 0.3 is 0 Å². The lowest BCUT2D eigenvalue weighted by Gasteiger charge is -2.04. The Labute approximate surface area is 134 Å². The lowest BCUT2D eigenvalue weighted by Crippen LogP contribution is -2.12. The molecule has 1 aromatic heterocycles. The number of nitrogens with zero attached hydrogens (tertiary/aromatic N) is 1. The number of aryl methyl sites for hydroxylation is 1. The highest BCUT2D eigenvalue weighted by Crippen LogP contribution is 2.19. The number of H-pyrrole nitrogens is 1. The highest BCUT2D eigenvalue weighted by atomic mass is 16.5. The van der Waals surface area contributed by atoms with Crippen LogP contribution >= 0.6 is 0 Å². The molecule has 2 aromatic carbocycles. The second kappa shape index (κ2) is 6.36. The Morgan fingerprint density at radius 2 is 1.78 bits per heavy atom. The van der Waals surface area contributed by atoms with Gasteiger partial charge in [0.15, 0.2) is 0 Å². The summed E-state index contributed by atoms with van der Waals surface area (Å²) in [6.45, 7) is 2.03. The molecule has 0 atom stereocenters. The number of anilines is 1. The van der Waals surface area contributed by atoms with Crippen LogP contribution in [0, 0.1) is 6.92 Å². The van der Waals surface area contributed by atoms with E-state index in [2.05, 4.69) is 15.5 Å². The Balaban J connectivity index is 1.74. The molecule has 0 fully saturated rings. The summed E-state index contributed by atoms with van der Waals surface area (Å²) in [5.74, 6) is 0.507. The lowest BCUT2D eigenvalue weighted by atomic mass is 10.1. The van der Waals surface area contributed by atoms with Crippen molar-refractivity contribution in [3.63, 3.8) is 0 Å². The van der Waals surface area contributed by atoms with Crippen molar-refractivity contribution < 1.29 is 9.53 Å². The maximum absolute atomic E-state index is 12.3. The van der Waals surface area contributed by atoms with Gasteiger partial charge in [0.1, 0.15) is 11.4 Å². The zero-order valence-corrected chi connectivity index (χ0v) is 13.0. The standard InChI is InChI=1S/C18H17N3O2/c1-12-3-5-13(6-4-12)16-11-17(21-20-16)18(22)19-14-7-9-15(23-2)10-8-14/h3-11H,1-2H3,(H,19,22)(H,20,21). The SMILES string of the molecule is COc1ccc(NC(=O)c2cc(-c3ccc(C)cc3)n[nH]2)cc1. The van der Waals surface area contributed by atoms with Crippen LogP contribution in [0.5, 0.6) is 5.75 Å². The van der Waals surface area contributed by atoms with Crippen LogP contribution in [0.4, 0.5) is 5.69 Å².